The summed E-state index contributed by atoms with van der Waals surface area (Å²) in [6, 6.07) is -0.104. The van der Waals surface area contributed by atoms with Crippen molar-refractivity contribution in [2.75, 3.05) is 13.2 Å². The summed E-state index contributed by atoms with van der Waals surface area (Å²) in [5, 5.41) is 13.6. The van der Waals surface area contributed by atoms with Crippen molar-refractivity contribution in [1.82, 2.24) is 5.32 Å². The lowest BCUT2D eigenvalue weighted by Crippen LogP contribution is -2.60. The smallest absolute Gasteiger partial charge is 0.239 e. The van der Waals surface area contributed by atoms with E-state index in [-0.39, 0.29) is 16.9 Å². The Balaban J connectivity index is 1.40. The lowest BCUT2D eigenvalue weighted by molar-refractivity contribution is -0.505. The van der Waals surface area contributed by atoms with Crippen molar-refractivity contribution in [2.24, 2.45) is 34.5 Å². The predicted octanol–water partition coefficient (Wildman–Crippen LogP) is 2.72. The molecule has 29 heavy (non-hydrogen) atoms. The van der Waals surface area contributed by atoms with E-state index in [9.17, 15) is 9.90 Å². The molecule has 4 aliphatic carbocycles. The van der Waals surface area contributed by atoms with E-state index in [1.165, 1.54) is 6.42 Å². The molecular weight excluding hydrogens is 374 g/mol. The van der Waals surface area contributed by atoms with Crippen LogP contribution in [0, 0.1) is 34.5 Å². The molecule has 7 nitrogen and oxygen atoms in total. The standard InChI is InChI=1S/C22H35NO6/c1-20-12-19(25)18(23-13-24)11-14(20)3-4-15-16(20)5-7-21(2)17(15)6-8-22(21)28-26-9-10-27-29-22/h13-19,25H,3-12H2,1-2H3,(H,23,24)/t14-,15+,16-,17-,18+,19-,20-,21-/m0/s1. The first-order valence-corrected chi connectivity index (χ1v) is 11.4. The SMILES string of the molecule is C[C@]12C[C@H](O)[C@H](NC=O)C[C@@H]1CC[C@@H]1[C@@H]2CC[C@@]2(C)[C@H]1CCC21OOCCOO1. The van der Waals surface area contributed by atoms with Gasteiger partial charge in [-0.05, 0) is 74.0 Å². The lowest BCUT2D eigenvalue weighted by Gasteiger charge is -2.62. The Hall–Kier alpha value is -0.730. The third kappa shape index (κ3) is 2.84. The first-order chi connectivity index (χ1) is 13.9. The van der Waals surface area contributed by atoms with E-state index in [1.807, 2.05) is 0 Å². The van der Waals surface area contributed by atoms with Crippen LogP contribution in [0.2, 0.25) is 0 Å². The molecule has 1 amide bonds. The molecule has 0 unspecified atom stereocenters. The molecule has 0 bridgehead atoms. The van der Waals surface area contributed by atoms with Gasteiger partial charge >= 0.3 is 0 Å². The summed E-state index contributed by atoms with van der Waals surface area (Å²) in [5.41, 5.74) is -0.00472. The van der Waals surface area contributed by atoms with Crippen molar-refractivity contribution in [2.45, 2.75) is 83.1 Å². The van der Waals surface area contributed by atoms with E-state index >= 15 is 0 Å². The number of hydrogen-bond donors (Lipinski definition) is 2. The first kappa shape index (κ1) is 20.2. The van der Waals surface area contributed by atoms with Crippen LogP contribution in [0.1, 0.15) is 65.2 Å². The Morgan fingerprint density at radius 2 is 1.72 bits per heavy atom. The molecule has 8 atom stereocenters. The van der Waals surface area contributed by atoms with E-state index in [0.29, 0.717) is 36.9 Å². The molecule has 2 N–H and O–H groups in total. The molecule has 0 aromatic carbocycles. The summed E-state index contributed by atoms with van der Waals surface area (Å²) in [6.45, 7) is 5.48. The minimum absolute atomic E-state index is 0.104. The second-order valence-electron chi connectivity index (χ2n) is 10.6. The topological polar surface area (TPSA) is 86.3 Å². The quantitative estimate of drug-likeness (QED) is 0.539. The maximum absolute atomic E-state index is 11.0. The van der Waals surface area contributed by atoms with Gasteiger partial charge in [-0.25, -0.2) is 9.78 Å². The number of nitrogens with one attached hydrogen (secondary N) is 1. The number of carbonyl (C=O) groups excluding carboxylic acids is 1. The highest BCUT2D eigenvalue weighted by Crippen LogP contribution is 2.69. The van der Waals surface area contributed by atoms with Crippen molar-refractivity contribution >= 4 is 6.41 Å². The number of amides is 1. The molecular formula is C22H35NO6. The Morgan fingerprint density at radius 1 is 1.00 bits per heavy atom. The molecule has 164 valence electrons. The molecule has 5 fully saturated rings. The summed E-state index contributed by atoms with van der Waals surface area (Å²) in [5.74, 6) is 1.46. The number of aliphatic hydroxyl groups excluding tert-OH is 1. The molecule has 1 spiro atoms. The predicted molar refractivity (Wildman–Crippen MR) is 103 cm³/mol. The zero-order valence-electron chi connectivity index (χ0n) is 17.6. The monoisotopic (exact) mass is 409 g/mol. The Bertz CT molecular complexity index is 637. The number of fused-ring (bicyclic) bond motifs is 6. The minimum atomic E-state index is -0.804. The highest BCUT2D eigenvalue weighted by atomic mass is 17.3. The number of aliphatic hydroxyl groups is 1. The fraction of sp³-hybridized carbons (Fsp3) is 0.955. The van der Waals surface area contributed by atoms with Crippen molar-refractivity contribution in [3.63, 3.8) is 0 Å². The molecule has 0 aromatic heterocycles. The molecule has 1 heterocycles. The van der Waals surface area contributed by atoms with Crippen molar-refractivity contribution in [3.05, 3.63) is 0 Å². The maximum atomic E-state index is 11.0. The van der Waals surface area contributed by atoms with E-state index in [2.05, 4.69) is 19.2 Å². The van der Waals surface area contributed by atoms with Crippen LogP contribution in [0.4, 0.5) is 0 Å². The molecule has 1 aliphatic heterocycles. The van der Waals surface area contributed by atoms with Gasteiger partial charge < -0.3 is 10.4 Å². The molecule has 4 saturated carbocycles. The average molecular weight is 410 g/mol. The van der Waals surface area contributed by atoms with Crippen LogP contribution in [0.5, 0.6) is 0 Å². The summed E-state index contributed by atoms with van der Waals surface area (Å²) in [7, 11) is 0. The van der Waals surface area contributed by atoms with Crippen LogP contribution in [-0.2, 0) is 24.3 Å². The van der Waals surface area contributed by atoms with E-state index < -0.39 is 11.9 Å². The van der Waals surface area contributed by atoms with E-state index in [0.717, 1.165) is 51.4 Å². The molecule has 5 rings (SSSR count). The summed E-state index contributed by atoms with van der Waals surface area (Å²) < 4.78 is 0. The van der Waals surface area contributed by atoms with Crippen LogP contribution in [-0.4, -0.2) is 42.7 Å². The van der Waals surface area contributed by atoms with Gasteiger partial charge in [0.1, 0.15) is 13.2 Å². The van der Waals surface area contributed by atoms with Gasteiger partial charge in [0.25, 0.3) is 0 Å². The van der Waals surface area contributed by atoms with Gasteiger partial charge in [0.05, 0.1) is 12.1 Å². The normalized spacial score (nSPS) is 51.4. The second-order valence-corrected chi connectivity index (χ2v) is 10.6. The van der Waals surface area contributed by atoms with Gasteiger partial charge in [-0.3, -0.25) is 4.79 Å². The van der Waals surface area contributed by atoms with Crippen LogP contribution in [0.3, 0.4) is 0 Å². The Kier molecular flexibility index (Phi) is 4.98. The average Bonchev–Trinajstić information content (AvgIpc) is 2.83. The van der Waals surface area contributed by atoms with Crippen molar-refractivity contribution < 1.29 is 29.5 Å². The van der Waals surface area contributed by atoms with Gasteiger partial charge in [0.15, 0.2) is 0 Å². The molecule has 7 heteroatoms. The maximum Gasteiger partial charge on any atom is 0.239 e. The zero-order chi connectivity index (χ0) is 20.3. The largest absolute Gasteiger partial charge is 0.391 e. The van der Waals surface area contributed by atoms with E-state index in [1.54, 1.807) is 0 Å². The summed E-state index contributed by atoms with van der Waals surface area (Å²) >= 11 is 0. The van der Waals surface area contributed by atoms with Crippen LogP contribution >= 0.6 is 0 Å². The number of hydrogen-bond acceptors (Lipinski definition) is 6. The third-order valence-corrected chi connectivity index (χ3v) is 9.68. The minimum Gasteiger partial charge on any atom is -0.391 e. The van der Waals surface area contributed by atoms with Gasteiger partial charge in [-0.15, -0.1) is 0 Å². The number of rotatable bonds is 2. The highest BCUT2D eigenvalue weighted by molar-refractivity contribution is 5.47. The Labute approximate surface area is 172 Å². The molecule has 0 radical (unpaired) electrons. The summed E-state index contributed by atoms with van der Waals surface area (Å²) in [4.78, 5) is 33.5. The second kappa shape index (κ2) is 7.16. The first-order valence-electron chi connectivity index (χ1n) is 11.4. The fourth-order valence-electron chi connectivity index (χ4n) is 8.15. The molecule has 1 saturated heterocycles. The van der Waals surface area contributed by atoms with Gasteiger partial charge in [-0.2, -0.15) is 9.78 Å². The zero-order valence-corrected chi connectivity index (χ0v) is 17.6. The van der Waals surface area contributed by atoms with E-state index in [4.69, 9.17) is 19.6 Å². The van der Waals surface area contributed by atoms with Crippen LogP contribution in [0.15, 0.2) is 0 Å². The van der Waals surface area contributed by atoms with Crippen molar-refractivity contribution in [3.8, 4) is 0 Å². The number of carbonyl (C=O) groups is 1. The fourth-order valence-corrected chi connectivity index (χ4v) is 8.15. The van der Waals surface area contributed by atoms with Crippen LogP contribution < -0.4 is 5.32 Å². The summed E-state index contributed by atoms with van der Waals surface area (Å²) in [6.07, 6.45) is 8.29. The van der Waals surface area contributed by atoms with Gasteiger partial charge in [0.2, 0.25) is 12.2 Å². The lowest BCUT2D eigenvalue weighted by atomic mass is 9.44. The highest BCUT2D eigenvalue weighted by Gasteiger charge is 2.68. The molecule has 0 aromatic rings. The van der Waals surface area contributed by atoms with Crippen molar-refractivity contribution in [1.29, 1.82) is 0 Å². The van der Waals surface area contributed by atoms with Crippen LogP contribution in [0.25, 0.3) is 0 Å². The third-order valence-electron chi connectivity index (χ3n) is 9.68. The van der Waals surface area contributed by atoms with Gasteiger partial charge in [0, 0.05) is 11.8 Å². The molecule has 5 aliphatic rings. The Morgan fingerprint density at radius 3 is 2.45 bits per heavy atom. The van der Waals surface area contributed by atoms with Gasteiger partial charge in [-0.1, -0.05) is 13.8 Å².